The van der Waals surface area contributed by atoms with Gasteiger partial charge in [-0.15, -0.1) is 0 Å². The summed E-state index contributed by atoms with van der Waals surface area (Å²) >= 11 is 0. The van der Waals surface area contributed by atoms with Crippen LogP contribution in [0.2, 0.25) is 0 Å². The fraction of sp³-hybridized carbons (Fsp3) is 0.545. The molecule has 0 saturated heterocycles. The second kappa shape index (κ2) is 233. The van der Waals surface area contributed by atoms with Gasteiger partial charge < -0.3 is 69.8 Å². The van der Waals surface area contributed by atoms with Crippen LogP contribution < -0.4 is 10.6 Å². The van der Waals surface area contributed by atoms with Gasteiger partial charge >= 0.3 is 17.1 Å². The molecule has 0 rings (SSSR count). The molecule has 0 spiro atoms. The van der Waals surface area contributed by atoms with Gasteiger partial charge in [-0.1, -0.05) is 13.8 Å². The van der Waals surface area contributed by atoms with Crippen molar-refractivity contribution >= 4 is 0 Å². The van der Waals surface area contributed by atoms with E-state index in [1.54, 1.807) is 0 Å². The molecule has 0 heterocycles. The van der Waals surface area contributed by atoms with Gasteiger partial charge in [0.15, 0.2) is 0 Å². The standard InChI is InChI=1S/C6H16N2.5CN.Fe/c1-3-7-5-6-8-4-2;5*1-2;/h7-8H,3-6H2,1-2H3;;;;;;/q;5*-1;+5. The molecule has 19 heavy (non-hydrogen) atoms. The first-order chi connectivity index (χ1) is 8.91. The van der Waals surface area contributed by atoms with Gasteiger partial charge in [0.1, 0.15) is 0 Å². The van der Waals surface area contributed by atoms with Gasteiger partial charge in [-0.3, -0.25) is 0 Å². The van der Waals surface area contributed by atoms with Gasteiger partial charge in [0.25, 0.3) is 0 Å². The molecule has 0 aromatic carbocycles. The Morgan fingerprint density at radius 3 is 0.842 bits per heavy atom. The molecule has 0 atom stereocenters. The van der Waals surface area contributed by atoms with Gasteiger partial charge in [0.05, 0.1) is 0 Å². The van der Waals surface area contributed by atoms with E-state index < -0.39 is 0 Å². The summed E-state index contributed by atoms with van der Waals surface area (Å²) in [6.45, 7) is 32.3. The van der Waals surface area contributed by atoms with Crippen LogP contribution in [-0.4, -0.2) is 26.2 Å². The molecule has 1 radical (unpaired) electrons. The Morgan fingerprint density at radius 2 is 0.737 bits per heavy atom. The molecule has 0 aliphatic heterocycles. The first-order valence-corrected chi connectivity index (χ1v) is 4.45. The van der Waals surface area contributed by atoms with E-state index in [2.05, 4.69) is 24.5 Å². The summed E-state index contributed by atoms with van der Waals surface area (Å²) in [6.07, 6.45) is 0. The molecular weight excluding hydrogens is 286 g/mol. The molecular formula is C11H16FeN7. The van der Waals surface area contributed by atoms with E-state index in [4.69, 9.17) is 59.2 Å². The quantitative estimate of drug-likeness (QED) is 0.432. The molecule has 0 aromatic rings. The van der Waals surface area contributed by atoms with Crippen LogP contribution in [0.25, 0.3) is 0 Å². The minimum absolute atomic E-state index is 0. The number of nitrogens with one attached hydrogen (secondary N) is 2. The third-order valence-electron chi connectivity index (χ3n) is 0.979. The average molecular weight is 302 g/mol. The maximum atomic E-state index is 6.25. The summed E-state index contributed by atoms with van der Waals surface area (Å²) in [5, 5.41) is 37.7. The molecule has 103 valence electrons. The van der Waals surface area contributed by atoms with E-state index in [0.29, 0.717) is 0 Å². The van der Waals surface area contributed by atoms with Crippen LogP contribution in [0.1, 0.15) is 13.8 Å². The largest absolute Gasteiger partial charge is 5.00 e. The summed E-state index contributed by atoms with van der Waals surface area (Å²) < 4.78 is 0. The molecule has 0 amide bonds. The van der Waals surface area contributed by atoms with Crippen molar-refractivity contribution < 1.29 is 17.1 Å². The van der Waals surface area contributed by atoms with Crippen molar-refractivity contribution in [2.75, 3.05) is 26.2 Å². The first-order valence-electron chi connectivity index (χ1n) is 4.45. The Morgan fingerprint density at radius 1 is 0.579 bits per heavy atom. The van der Waals surface area contributed by atoms with Crippen molar-refractivity contribution in [2.24, 2.45) is 0 Å². The minimum Gasteiger partial charge on any atom is -0.512 e. The molecule has 2 N–H and O–H groups in total. The Balaban J connectivity index is -0.0000000223. The van der Waals surface area contributed by atoms with E-state index in [-0.39, 0.29) is 17.1 Å². The Kier molecular flexibility index (Phi) is 534. The molecule has 0 saturated carbocycles. The van der Waals surface area contributed by atoms with E-state index in [0.717, 1.165) is 26.2 Å². The van der Waals surface area contributed by atoms with Crippen LogP contribution in [0.3, 0.4) is 0 Å². The third kappa shape index (κ3) is 367. The molecule has 7 nitrogen and oxygen atoms in total. The number of rotatable bonds is 5. The fourth-order valence-corrected chi connectivity index (χ4v) is 0.530. The molecule has 0 fully saturated rings. The van der Waals surface area contributed by atoms with Crippen LogP contribution >= 0.6 is 0 Å². The van der Waals surface area contributed by atoms with E-state index in [9.17, 15) is 0 Å². The average Bonchev–Trinajstić information content (AvgIpc) is 2.54. The summed E-state index contributed by atoms with van der Waals surface area (Å²) in [5.41, 5.74) is 0. The molecule has 0 aromatic heterocycles. The number of hydrogen-bond acceptors (Lipinski definition) is 7. The third-order valence-corrected chi connectivity index (χ3v) is 0.979. The number of likely N-dealkylation sites (N-methyl/N-ethyl adjacent to an activating group) is 2. The Bertz CT molecular complexity index is 143. The predicted molar refractivity (Wildman–Crippen MR) is 61.9 cm³/mol. The van der Waals surface area contributed by atoms with Crippen LogP contribution in [0.5, 0.6) is 0 Å². The van der Waals surface area contributed by atoms with E-state index in [1.165, 1.54) is 0 Å². The van der Waals surface area contributed by atoms with E-state index in [1.807, 2.05) is 0 Å². The fourth-order valence-electron chi connectivity index (χ4n) is 0.530. The molecule has 8 heteroatoms. The molecule has 0 unspecified atom stereocenters. The second-order valence-corrected chi connectivity index (χ2v) is 1.71. The van der Waals surface area contributed by atoms with Crippen LogP contribution in [0.4, 0.5) is 0 Å². The van der Waals surface area contributed by atoms with Crippen molar-refractivity contribution in [3.63, 3.8) is 0 Å². The van der Waals surface area contributed by atoms with Gasteiger partial charge in [0, 0.05) is 13.1 Å². The van der Waals surface area contributed by atoms with Crippen LogP contribution in [0.15, 0.2) is 0 Å². The zero-order valence-corrected chi connectivity index (χ0v) is 12.0. The number of nitrogens with zero attached hydrogens (tertiary/aromatic N) is 5. The zero-order chi connectivity index (χ0) is 16.2. The van der Waals surface area contributed by atoms with Crippen molar-refractivity contribution in [3.8, 4) is 0 Å². The van der Waals surface area contributed by atoms with Gasteiger partial charge in [-0.25, -0.2) is 0 Å². The zero-order valence-electron chi connectivity index (χ0n) is 10.9. The van der Waals surface area contributed by atoms with Crippen LogP contribution in [0, 0.1) is 59.2 Å². The first kappa shape index (κ1) is 43.6. The van der Waals surface area contributed by atoms with E-state index >= 15 is 0 Å². The summed E-state index contributed by atoms with van der Waals surface area (Å²) in [4.78, 5) is 0. The van der Waals surface area contributed by atoms with Gasteiger partial charge in [0.2, 0.25) is 0 Å². The SMILES string of the molecule is CCNCCNCC.[C-]#N.[C-]#N.[C-]#N.[C-]#N.[C-]#N.[Fe+5]. The normalized spacial score (nSPS) is 4.63. The van der Waals surface area contributed by atoms with Crippen molar-refractivity contribution in [1.82, 2.24) is 10.6 Å². The monoisotopic (exact) mass is 302 g/mol. The maximum Gasteiger partial charge on any atom is 5.00 e. The summed E-state index contributed by atoms with van der Waals surface area (Å²) in [6, 6.07) is 0. The Hall–Kier alpha value is -2.11. The molecule has 0 bridgehead atoms. The Labute approximate surface area is 127 Å². The summed E-state index contributed by atoms with van der Waals surface area (Å²) in [7, 11) is 0. The minimum atomic E-state index is 0. The molecule has 0 aliphatic rings. The summed E-state index contributed by atoms with van der Waals surface area (Å²) in [5.74, 6) is 0. The number of hydrogen-bond donors (Lipinski definition) is 2. The van der Waals surface area contributed by atoms with Crippen molar-refractivity contribution in [2.45, 2.75) is 13.8 Å². The van der Waals surface area contributed by atoms with Crippen molar-refractivity contribution in [3.05, 3.63) is 32.9 Å². The maximum absolute atomic E-state index is 6.25. The van der Waals surface area contributed by atoms with Crippen LogP contribution in [-0.2, 0) is 17.1 Å². The van der Waals surface area contributed by atoms with Gasteiger partial charge in [-0.05, 0) is 13.1 Å². The smallest absolute Gasteiger partial charge is 0.512 e. The predicted octanol–water partition coefficient (Wildman–Crippen LogP) is 0.685. The topological polar surface area (TPSA) is 143 Å². The molecule has 0 aliphatic carbocycles. The second-order valence-electron chi connectivity index (χ2n) is 1.71. The van der Waals surface area contributed by atoms with Gasteiger partial charge in [-0.2, -0.15) is 0 Å². The van der Waals surface area contributed by atoms with Crippen molar-refractivity contribution in [1.29, 1.82) is 26.3 Å².